The maximum Gasteiger partial charge on any atom is 0.259 e. The van der Waals surface area contributed by atoms with E-state index in [0.29, 0.717) is 33.2 Å². The third-order valence-corrected chi connectivity index (χ3v) is 5.94. The fraction of sp³-hybridized carbons (Fsp3) is 0.158. The van der Waals surface area contributed by atoms with Crippen LogP contribution in [0.3, 0.4) is 0 Å². The van der Waals surface area contributed by atoms with Crippen molar-refractivity contribution in [1.82, 2.24) is 10.2 Å². The van der Waals surface area contributed by atoms with Gasteiger partial charge in [0.1, 0.15) is 5.01 Å². The molecule has 1 unspecified atom stereocenters. The van der Waals surface area contributed by atoms with Gasteiger partial charge >= 0.3 is 0 Å². The average molecular weight is 433 g/mol. The first-order valence-electron chi connectivity index (χ1n) is 8.46. The summed E-state index contributed by atoms with van der Waals surface area (Å²) < 4.78 is 0. The lowest BCUT2D eigenvalue weighted by atomic mass is 10.1. The smallest absolute Gasteiger partial charge is 0.259 e. The van der Waals surface area contributed by atoms with Gasteiger partial charge in [0, 0.05) is 29.6 Å². The van der Waals surface area contributed by atoms with E-state index < -0.39 is 5.91 Å². The van der Waals surface area contributed by atoms with Crippen molar-refractivity contribution in [1.29, 1.82) is 0 Å². The second-order valence-corrected chi connectivity index (χ2v) is 8.12. The van der Waals surface area contributed by atoms with Gasteiger partial charge in [0.15, 0.2) is 0 Å². The lowest BCUT2D eigenvalue weighted by Gasteiger charge is -2.15. The van der Waals surface area contributed by atoms with Crippen molar-refractivity contribution in [3.8, 4) is 0 Å². The molecule has 0 bridgehead atoms. The van der Waals surface area contributed by atoms with E-state index in [0.717, 1.165) is 5.69 Å². The van der Waals surface area contributed by atoms with Gasteiger partial charge in [0.05, 0.1) is 10.6 Å². The summed E-state index contributed by atoms with van der Waals surface area (Å²) in [6.45, 7) is 0.533. The number of hydrogen-bond acceptors (Lipinski definition) is 5. The van der Waals surface area contributed by atoms with Crippen LogP contribution >= 0.6 is 34.5 Å². The van der Waals surface area contributed by atoms with Crippen molar-refractivity contribution in [2.45, 2.75) is 12.3 Å². The van der Waals surface area contributed by atoms with Crippen molar-refractivity contribution < 1.29 is 9.59 Å². The summed E-state index contributed by atoms with van der Waals surface area (Å²) >= 11 is 13.2. The van der Waals surface area contributed by atoms with Crippen LogP contribution in [0.25, 0.3) is 0 Å². The van der Waals surface area contributed by atoms with E-state index in [1.54, 1.807) is 17.0 Å². The van der Waals surface area contributed by atoms with E-state index in [2.05, 4.69) is 15.5 Å². The fourth-order valence-corrected chi connectivity index (χ4v) is 4.22. The first-order chi connectivity index (χ1) is 13.5. The topological polar surface area (TPSA) is 75.2 Å². The number of nitrogens with one attached hydrogen (secondary N) is 1. The van der Waals surface area contributed by atoms with Gasteiger partial charge in [-0.3, -0.25) is 14.9 Å². The fourth-order valence-electron chi connectivity index (χ4n) is 3.02. The predicted molar refractivity (Wildman–Crippen MR) is 110 cm³/mol. The third kappa shape index (κ3) is 3.87. The zero-order valence-corrected chi connectivity index (χ0v) is 16.8. The highest BCUT2D eigenvalue weighted by Crippen LogP contribution is 2.34. The minimum Gasteiger partial charge on any atom is -0.312 e. The lowest BCUT2D eigenvalue weighted by Crippen LogP contribution is -2.24. The van der Waals surface area contributed by atoms with Gasteiger partial charge in [-0.1, -0.05) is 52.7 Å². The number of halogens is 2. The van der Waals surface area contributed by atoms with E-state index in [4.69, 9.17) is 23.2 Å². The van der Waals surface area contributed by atoms with Crippen molar-refractivity contribution in [2.75, 3.05) is 16.8 Å². The Morgan fingerprint density at radius 1 is 1.14 bits per heavy atom. The molecule has 0 spiro atoms. The first kappa shape index (κ1) is 18.9. The van der Waals surface area contributed by atoms with Crippen LogP contribution in [0.2, 0.25) is 10.0 Å². The summed E-state index contributed by atoms with van der Waals surface area (Å²) in [5.74, 6) is -0.433. The number of carbonyl (C=O) groups excluding carboxylic acids is 2. The summed E-state index contributed by atoms with van der Waals surface area (Å²) in [6.07, 6.45) is 0.359. The Morgan fingerprint density at radius 2 is 1.93 bits per heavy atom. The van der Waals surface area contributed by atoms with Crippen molar-refractivity contribution >= 4 is 57.2 Å². The first-order valence-corrected chi connectivity index (χ1v) is 10.0. The second-order valence-electron chi connectivity index (χ2n) is 6.26. The molecule has 0 saturated carbocycles. The molecule has 142 valence electrons. The van der Waals surface area contributed by atoms with E-state index >= 15 is 0 Å². The second kappa shape index (κ2) is 7.87. The molecule has 3 aromatic rings. The van der Waals surface area contributed by atoms with Crippen LogP contribution in [0, 0.1) is 0 Å². The Morgan fingerprint density at radius 3 is 2.71 bits per heavy atom. The Balaban J connectivity index is 1.47. The van der Waals surface area contributed by atoms with Gasteiger partial charge in [0.2, 0.25) is 11.0 Å². The lowest BCUT2D eigenvalue weighted by molar-refractivity contribution is -0.117. The summed E-state index contributed by atoms with van der Waals surface area (Å²) in [7, 11) is 0. The number of carbonyl (C=O) groups is 2. The number of para-hydroxylation sites is 1. The SMILES string of the molecule is O=C(Nc1nnc(C2CC(=O)N(c3ccccc3)C2)s1)c1cc(Cl)ccc1Cl. The van der Waals surface area contributed by atoms with Gasteiger partial charge in [-0.05, 0) is 30.3 Å². The van der Waals surface area contributed by atoms with Crippen molar-refractivity contribution in [3.63, 3.8) is 0 Å². The highest BCUT2D eigenvalue weighted by molar-refractivity contribution is 7.15. The highest BCUT2D eigenvalue weighted by Gasteiger charge is 2.33. The number of aromatic nitrogens is 2. The molecule has 0 radical (unpaired) electrons. The minimum absolute atomic E-state index is 0.0442. The van der Waals surface area contributed by atoms with Gasteiger partial charge in [0.25, 0.3) is 5.91 Å². The molecule has 2 amide bonds. The molecule has 6 nitrogen and oxygen atoms in total. The predicted octanol–water partition coefficient (Wildman–Crippen LogP) is 4.62. The molecule has 2 aromatic carbocycles. The molecule has 4 rings (SSSR count). The highest BCUT2D eigenvalue weighted by atomic mass is 35.5. The number of hydrogen-bond donors (Lipinski definition) is 1. The molecule has 1 atom stereocenters. The van der Waals surface area contributed by atoms with Crippen LogP contribution in [0.5, 0.6) is 0 Å². The Hall–Kier alpha value is -2.48. The summed E-state index contributed by atoms with van der Waals surface area (Å²) in [5.41, 5.74) is 1.13. The van der Waals surface area contributed by atoms with Crippen LogP contribution in [-0.2, 0) is 4.79 Å². The molecule has 9 heteroatoms. The molecule has 0 aliphatic carbocycles. The van der Waals surface area contributed by atoms with Gasteiger partial charge < -0.3 is 4.90 Å². The van der Waals surface area contributed by atoms with Crippen LogP contribution in [-0.4, -0.2) is 28.6 Å². The molecule has 2 heterocycles. The van der Waals surface area contributed by atoms with Crippen LogP contribution in [0.1, 0.15) is 27.7 Å². The molecule has 1 saturated heterocycles. The summed E-state index contributed by atoms with van der Waals surface area (Å²) in [5, 5.41) is 12.7. The number of amides is 2. The van der Waals surface area contributed by atoms with Crippen molar-refractivity contribution in [3.05, 3.63) is 69.1 Å². The molecule has 1 aliphatic heterocycles. The van der Waals surface area contributed by atoms with Crippen molar-refractivity contribution in [2.24, 2.45) is 0 Å². The average Bonchev–Trinajstić information content (AvgIpc) is 3.31. The molecule has 1 fully saturated rings. The van der Waals surface area contributed by atoms with E-state index in [1.807, 2.05) is 30.3 Å². The Labute approximate surface area is 175 Å². The zero-order valence-electron chi connectivity index (χ0n) is 14.4. The largest absolute Gasteiger partial charge is 0.312 e. The molecule has 1 N–H and O–H groups in total. The minimum atomic E-state index is -0.413. The monoisotopic (exact) mass is 432 g/mol. The van der Waals surface area contributed by atoms with Crippen LogP contribution in [0.15, 0.2) is 48.5 Å². The standard InChI is InChI=1S/C19H14Cl2N4O2S/c20-12-6-7-15(21)14(9-12)17(27)22-19-24-23-18(28-19)11-8-16(26)25(10-11)13-4-2-1-3-5-13/h1-7,9,11H,8,10H2,(H,22,24,27). The van der Waals surface area contributed by atoms with Crippen LogP contribution in [0.4, 0.5) is 10.8 Å². The van der Waals surface area contributed by atoms with E-state index in [-0.39, 0.29) is 17.4 Å². The summed E-state index contributed by atoms with van der Waals surface area (Å²) in [6, 6.07) is 14.2. The van der Waals surface area contributed by atoms with E-state index in [9.17, 15) is 9.59 Å². The molecule has 1 aromatic heterocycles. The molecular formula is C19H14Cl2N4O2S. The third-order valence-electron chi connectivity index (χ3n) is 4.38. The van der Waals surface area contributed by atoms with E-state index in [1.165, 1.54) is 17.4 Å². The number of anilines is 2. The normalized spacial score (nSPS) is 16.4. The molecular weight excluding hydrogens is 419 g/mol. The zero-order chi connectivity index (χ0) is 19.7. The van der Waals surface area contributed by atoms with Gasteiger partial charge in [-0.25, -0.2) is 0 Å². The molecule has 1 aliphatic rings. The van der Waals surface area contributed by atoms with Gasteiger partial charge in [-0.15, -0.1) is 10.2 Å². The quantitative estimate of drug-likeness (QED) is 0.652. The Bertz CT molecular complexity index is 1040. The maximum absolute atomic E-state index is 12.4. The maximum atomic E-state index is 12.4. The Kier molecular flexibility index (Phi) is 5.30. The number of rotatable bonds is 4. The number of nitrogens with zero attached hydrogens (tertiary/aromatic N) is 3. The van der Waals surface area contributed by atoms with Crippen LogP contribution < -0.4 is 10.2 Å². The number of benzene rings is 2. The van der Waals surface area contributed by atoms with Gasteiger partial charge in [-0.2, -0.15) is 0 Å². The summed E-state index contributed by atoms with van der Waals surface area (Å²) in [4.78, 5) is 26.6. The molecule has 28 heavy (non-hydrogen) atoms.